The van der Waals surface area contributed by atoms with E-state index in [1.165, 1.54) is 6.26 Å². The minimum Gasteiger partial charge on any atom is -0.508 e. The van der Waals surface area contributed by atoms with Gasteiger partial charge >= 0.3 is 0 Å². The van der Waals surface area contributed by atoms with Gasteiger partial charge in [-0.05, 0) is 24.3 Å². The van der Waals surface area contributed by atoms with Crippen molar-refractivity contribution in [2.24, 2.45) is 0 Å². The first-order valence-electron chi connectivity index (χ1n) is 6.93. The maximum Gasteiger partial charge on any atom is 0.228 e. The van der Waals surface area contributed by atoms with E-state index in [9.17, 15) is 9.90 Å². The fourth-order valence-electron chi connectivity index (χ4n) is 2.47. The van der Waals surface area contributed by atoms with Gasteiger partial charge in [-0.3, -0.25) is 4.79 Å². The number of carbonyl (C=O) groups excluding carboxylic acids is 1. The van der Waals surface area contributed by atoms with Crippen molar-refractivity contribution in [3.63, 3.8) is 0 Å². The van der Waals surface area contributed by atoms with Crippen LogP contribution < -0.4 is 4.90 Å². The quantitative estimate of drug-likeness (QED) is 0.920. The lowest BCUT2D eigenvalue weighted by Gasteiger charge is -2.36. The number of phenolic OH excluding ortho intramolecular Hbond substituents is 1. The molecule has 0 aliphatic carbocycles. The average Bonchev–Trinajstić information content (AvgIpc) is 3.01. The molecule has 21 heavy (non-hydrogen) atoms. The Kier molecular flexibility index (Phi) is 3.77. The predicted molar refractivity (Wildman–Crippen MR) is 77.1 cm³/mol. The van der Waals surface area contributed by atoms with Crippen molar-refractivity contribution >= 4 is 11.6 Å². The zero-order chi connectivity index (χ0) is 14.7. The van der Waals surface area contributed by atoms with E-state index in [0.717, 1.165) is 18.8 Å². The highest BCUT2D eigenvalue weighted by molar-refractivity contribution is 5.78. The number of aromatic nitrogens is 1. The van der Waals surface area contributed by atoms with E-state index in [2.05, 4.69) is 10.1 Å². The molecule has 2 heterocycles. The molecule has 2 aromatic rings. The van der Waals surface area contributed by atoms with Crippen LogP contribution in [0.1, 0.15) is 5.69 Å². The number of benzene rings is 1. The number of hydrogen-bond acceptors (Lipinski definition) is 5. The molecule has 1 fully saturated rings. The van der Waals surface area contributed by atoms with Gasteiger partial charge in [0.25, 0.3) is 0 Å². The largest absolute Gasteiger partial charge is 0.508 e. The summed E-state index contributed by atoms with van der Waals surface area (Å²) >= 11 is 0. The lowest BCUT2D eigenvalue weighted by molar-refractivity contribution is -0.130. The molecule has 1 aliphatic rings. The molecular weight excluding hydrogens is 270 g/mol. The van der Waals surface area contributed by atoms with Gasteiger partial charge in [-0.15, -0.1) is 0 Å². The summed E-state index contributed by atoms with van der Waals surface area (Å²) in [5.74, 6) is 0.342. The third-order valence-electron chi connectivity index (χ3n) is 3.67. The highest BCUT2D eigenvalue weighted by atomic mass is 16.5. The van der Waals surface area contributed by atoms with Gasteiger partial charge in [0, 0.05) is 37.9 Å². The van der Waals surface area contributed by atoms with Gasteiger partial charge in [0.1, 0.15) is 12.0 Å². The maximum atomic E-state index is 12.1. The number of hydrogen-bond donors (Lipinski definition) is 1. The van der Waals surface area contributed by atoms with E-state index >= 15 is 0 Å². The van der Waals surface area contributed by atoms with Gasteiger partial charge in [-0.2, -0.15) is 0 Å². The molecule has 3 rings (SSSR count). The molecule has 1 aromatic heterocycles. The lowest BCUT2D eigenvalue weighted by Crippen LogP contribution is -2.49. The smallest absolute Gasteiger partial charge is 0.228 e. The van der Waals surface area contributed by atoms with Crippen molar-refractivity contribution in [2.45, 2.75) is 6.42 Å². The van der Waals surface area contributed by atoms with Crippen molar-refractivity contribution in [1.29, 1.82) is 0 Å². The molecule has 1 aliphatic heterocycles. The molecule has 1 saturated heterocycles. The van der Waals surface area contributed by atoms with Gasteiger partial charge < -0.3 is 19.4 Å². The first-order chi connectivity index (χ1) is 10.2. The molecule has 0 atom stereocenters. The number of aromatic hydroxyl groups is 1. The van der Waals surface area contributed by atoms with Crippen LogP contribution in [-0.4, -0.2) is 47.2 Å². The highest BCUT2D eigenvalue weighted by Gasteiger charge is 2.21. The summed E-state index contributed by atoms with van der Waals surface area (Å²) in [6, 6.07) is 8.85. The summed E-state index contributed by atoms with van der Waals surface area (Å²) in [7, 11) is 0. The number of amides is 1. The molecular formula is C15H17N3O3. The van der Waals surface area contributed by atoms with Crippen LogP contribution in [0.3, 0.4) is 0 Å². The predicted octanol–water partition coefficient (Wildman–Crippen LogP) is 1.27. The van der Waals surface area contributed by atoms with Crippen LogP contribution in [0.5, 0.6) is 5.75 Å². The average molecular weight is 287 g/mol. The number of carbonyl (C=O) groups is 1. The molecule has 0 radical (unpaired) electrons. The number of nitrogens with zero attached hydrogens (tertiary/aromatic N) is 3. The van der Waals surface area contributed by atoms with Gasteiger partial charge in [0.05, 0.1) is 12.1 Å². The van der Waals surface area contributed by atoms with Crippen molar-refractivity contribution in [2.75, 3.05) is 31.1 Å². The normalized spacial score (nSPS) is 15.2. The van der Waals surface area contributed by atoms with Crippen molar-refractivity contribution in [3.8, 4) is 5.75 Å². The Morgan fingerprint density at radius 2 is 1.86 bits per heavy atom. The molecule has 1 N–H and O–H groups in total. The van der Waals surface area contributed by atoms with E-state index in [1.54, 1.807) is 18.2 Å². The van der Waals surface area contributed by atoms with Gasteiger partial charge in [0.2, 0.25) is 5.91 Å². The molecule has 110 valence electrons. The first-order valence-corrected chi connectivity index (χ1v) is 6.93. The Bertz CT molecular complexity index is 587. The summed E-state index contributed by atoms with van der Waals surface area (Å²) in [4.78, 5) is 16.2. The second-order valence-corrected chi connectivity index (χ2v) is 5.05. The Labute approximate surface area is 122 Å². The Morgan fingerprint density at radius 3 is 2.48 bits per heavy atom. The molecule has 1 aromatic carbocycles. The zero-order valence-electron chi connectivity index (χ0n) is 11.6. The van der Waals surface area contributed by atoms with Gasteiger partial charge in [-0.25, -0.2) is 0 Å². The Morgan fingerprint density at radius 1 is 1.14 bits per heavy atom. The fourth-order valence-corrected chi connectivity index (χ4v) is 2.47. The van der Waals surface area contributed by atoms with Crippen LogP contribution in [0.15, 0.2) is 41.1 Å². The highest BCUT2D eigenvalue weighted by Crippen LogP contribution is 2.20. The zero-order valence-corrected chi connectivity index (χ0v) is 11.6. The van der Waals surface area contributed by atoms with Crippen molar-refractivity contribution in [3.05, 3.63) is 42.3 Å². The third kappa shape index (κ3) is 3.16. The summed E-state index contributed by atoms with van der Waals surface area (Å²) in [6.07, 6.45) is 1.76. The molecule has 1 amide bonds. The van der Waals surface area contributed by atoms with Crippen molar-refractivity contribution in [1.82, 2.24) is 10.1 Å². The Balaban J connectivity index is 1.55. The van der Waals surface area contributed by atoms with E-state index < -0.39 is 0 Å². The maximum absolute atomic E-state index is 12.1. The van der Waals surface area contributed by atoms with E-state index in [-0.39, 0.29) is 18.1 Å². The minimum absolute atomic E-state index is 0.0780. The van der Waals surface area contributed by atoms with Crippen molar-refractivity contribution < 1.29 is 14.4 Å². The van der Waals surface area contributed by atoms with Crippen LogP contribution in [0.25, 0.3) is 0 Å². The van der Waals surface area contributed by atoms with E-state index in [4.69, 9.17) is 4.52 Å². The monoisotopic (exact) mass is 287 g/mol. The van der Waals surface area contributed by atoms with Crippen LogP contribution >= 0.6 is 0 Å². The second-order valence-electron chi connectivity index (χ2n) is 5.05. The Hall–Kier alpha value is -2.50. The number of phenols is 1. The molecule has 0 unspecified atom stereocenters. The topological polar surface area (TPSA) is 69.8 Å². The minimum atomic E-state index is 0.0780. The number of rotatable bonds is 3. The van der Waals surface area contributed by atoms with Crippen LogP contribution in [0.4, 0.5) is 5.69 Å². The second kappa shape index (κ2) is 5.87. The molecule has 0 spiro atoms. The standard InChI is InChI=1S/C15H17N3O3/c19-14-3-1-13(2-4-14)17-6-8-18(9-7-17)15(20)11-12-5-10-21-16-12/h1-5,10,19H,6-9,11H2. The van der Waals surface area contributed by atoms with E-state index in [1.807, 2.05) is 17.0 Å². The SMILES string of the molecule is O=C(Cc1ccon1)N1CCN(c2ccc(O)cc2)CC1. The summed E-state index contributed by atoms with van der Waals surface area (Å²) in [5.41, 5.74) is 1.73. The molecule has 6 heteroatoms. The molecule has 6 nitrogen and oxygen atoms in total. The number of anilines is 1. The summed E-state index contributed by atoms with van der Waals surface area (Å²) in [5, 5.41) is 13.1. The lowest BCUT2D eigenvalue weighted by atomic mass is 10.2. The number of piperazine rings is 1. The first kappa shape index (κ1) is 13.5. The summed E-state index contributed by atoms with van der Waals surface area (Å²) in [6.45, 7) is 2.96. The van der Waals surface area contributed by atoms with E-state index in [0.29, 0.717) is 18.8 Å². The van der Waals surface area contributed by atoms with Crippen LogP contribution in [0, 0.1) is 0 Å². The van der Waals surface area contributed by atoms with Crippen LogP contribution in [0.2, 0.25) is 0 Å². The third-order valence-corrected chi connectivity index (χ3v) is 3.67. The summed E-state index contributed by atoms with van der Waals surface area (Å²) < 4.78 is 4.74. The van der Waals surface area contributed by atoms with Gasteiger partial charge in [-0.1, -0.05) is 5.16 Å². The molecule has 0 saturated carbocycles. The fraction of sp³-hybridized carbons (Fsp3) is 0.333. The van der Waals surface area contributed by atoms with Crippen LogP contribution in [-0.2, 0) is 11.2 Å². The molecule has 0 bridgehead atoms. The van der Waals surface area contributed by atoms with Gasteiger partial charge in [0.15, 0.2) is 0 Å².